The second-order valence-electron chi connectivity index (χ2n) is 4.22. The van der Waals surface area contributed by atoms with Gasteiger partial charge in [0.25, 0.3) is 0 Å². The van der Waals surface area contributed by atoms with Crippen LogP contribution >= 0.6 is 0 Å². The normalized spacial score (nSPS) is 30.6. The number of hydrazine groups is 1. The predicted molar refractivity (Wildman–Crippen MR) is 57.6 cm³/mol. The molecule has 0 aromatic carbocycles. The van der Waals surface area contributed by atoms with E-state index in [1.54, 1.807) is 0 Å². The Hall–Kier alpha value is -0.200. The number of likely N-dealkylation sites (N-methyl/N-ethyl adjacent to an activating group) is 1. The molecule has 0 spiro atoms. The van der Waals surface area contributed by atoms with E-state index < -0.39 is 0 Å². The summed E-state index contributed by atoms with van der Waals surface area (Å²) in [6.45, 7) is 7.45. The molecule has 1 atom stereocenters. The molecular formula is C10H21N3O2. The summed E-state index contributed by atoms with van der Waals surface area (Å²) < 4.78 is 11.0. The summed E-state index contributed by atoms with van der Waals surface area (Å²) in [6.07, 6.45) is 0.326. The van der Waals surface area contributed by atoms with Crippen LogP contribution in [0.2, 0.25) is 0 Å². The van der Waals surface area contributed by atoms with Gasteiger partial charge in [-0.1, -0.05) is 0 Å². The van der Waals surface area contributed by atoms with Crippen LogP contribution in [0.5, 0.6) is 0 Å². The molecule has 5 heteroatoms. The second kappa shape index (κ2) is 5.77. The molecule has 0 saturated carbocycles. The van der Waals surface area contributed by atoms with E-state index in [0.29, 0.717) is 6.10 Å². The van der Waals surface area contributed by atoms with Crippen molar-refractivity contribution in [1.29, 1.82) is 0 Å². The molecule has 0 bridgehead atoms. The zero-order valence-electron chi connectivity index (χ0n) is 9.45. The zero-order chi connectivity index (χ0) is 10.5. The average Bonchev–Trinajstić information content (AvgIpc) is 2.28. The van der Waals surface area contributed by atoms with Crippen molar-refractivity contribution in [3.8, 4) is 0 Å². The van der Waals surface area contributed by atoms with Gasteiger partial charge in [-0.05, 0) is 7.05 Å². The van der Waals surface area contributed by atoms with Crippen molar-refractivity contribution in [2.75, 3.05) is 59.6 Å². The standard InChI is InChI=1S/C10H21N3O2/c1-12-2-7-15-10(9-12)8-11-13-3-5-14-6-4-13/h10-11H,2-9H2,1H3. The summed E-state index contributed by atoms with van der Waals surface area (Å²) in [7, 11) is 2.14. The van der Waals surface area contributed by atoms with Crippen LogP contribution in [0.15, 0.2) is 0 Å². The molecule has 2 aliphatic rings. The maximum atomic E-state index is 5.68. The molecule has 0 aromatic heterocycles. The minimum Gasteiger partial charge on any atom is -0.379 e. The van der Waals surface area contributed by atoms with Crippen molar-refractivity contribution < 1.29 is 9.47 Å². The van der Waals surface area contributed by atoms with Gasteiger partial charge in [-0.2, -0.15) is 0 Å². The largest absolute Gasteiger partial charge is 0.379 e. The molecule has 2 fully saturated rings. The third kappa shape index (κ3) is 3.70. The van der Waals surface area contributed by atoms with Crippen LogP contribution in [0, 0.1) is 0 Å². The SMILES string of the molecule is CN1CCOC(CNN2CCOCC2)C1. The van der Waals surface area contributed by atoms with E-state index >= 15 is 0 Å². The zero-order valence-corrected chi connectivity index (χ0v) is 9.45. The lowest BCUT2D eigenvalue weighted by molar-refractivity contribution is -0.0407. The predicted octanol–water partition coefficient (Wildman–Crippen LogP) is -0.846. The summed E-state index contributed by atoms with van der Waals surface area (Å²) in [5.41, 5.74) is 3.41. The van der Waals surface area contributed by atoms with Crippen LogP contribution < -0.4 is 5.43 Å². The summed E-state index contributed by atoms with van der Waals surface area (Å²) in [5, 5.41) is 2.22. The highest BCUT2D eigenvalue weighted by atomic mass is 16.5. The van der Waals surface area contributed by atoms with E-state index in [4.69, 9.17) is 9.47 Å². The summed E-state index contributed by atoms with van der Waals surface area (Å²) in [5.74, 6) is 0. The first-order valence-electron chi connectivity index (χ1n) is 5.71. The van der Waals surface area contributed by atoms with Crippen molar-refractivity contribution >= 4 is 0 Å². The fraction of sp³-hybridized carbons (Fsp3) is 1.00. The van der Waals surface area contributed by atoms with Gasteiger partial charge in [-0.25, -0.2) is 5.01 Å². The molecule has 2 saturated heterocycles. The number of hydrogen-bond donors (Lipinski definition) is 1. The van der Waals surface area contributed by atoms with Gasteiger partial charge in [0.15, 0.2) is 0 Å². The highest BCUT2D eigenvalue weighted by Gasteiger charge is 2.18. The Kier molecular flexibility index (Phi) is 4.34. The van der Waals surface area contributed by atoms with Crippen molar-refractivity contribution in [3.05, 3.63) is 0 Å². The van der Waals surface area contributed by atoms with Gasteiger partial charge >= 0.3 is 0 Å². The Balaban J connectivity index is 1.63. The van der Waals surface area contributed by atoms with E-state index in [1.807, 2.05) is 0 Å². The van der Waals surface area contributed by atoms with Crippen LogP contribution in [0.3, 0.4) is 0 Å². The van der Waals surface area contributed by atoms with E-state index in [2.05, 4.69) is 22.4 Å². The number of nitrogens with one attached hydrogen (secondary N) is 1. The Bertz CT molecular complexity index is 186. The number of hydrogen-bond acceptors (Lipinski definition) is 5. The lowest BCUT2D eigenvalue weighted by Crippen LogP contribution is -2.51. The Morgan fingerprint density at radius 2 is 2.00 bits per heavy atom. The van der Waals surface area contributed by atoms with Crippen LogP contribution in [0.4, 0.5) is 0 Å². The fourth-order valence-corrected chi connectivity index (χ4v) is 1.94. The molecule has 0 aliphatic carbocycles. The highest BCUT2D eigenvalue weighted by molar-refractivity contribution is 4.71. The van der Waals surface area contributed by atoms with Crippen molar-refractivity contribution in [1.82, 2.24) is 15.3 Å². The summed E-state index contributed by atoms with van der Waals surface area (Å²) >= 11 is 0. The average molecular weight is 215 g/mol. The van der Waals surface area contributed by atoms with Crippen molar-refractivity contribution in [2.45, 2.75) is 6.10 Å². The monoisotopic (exact) mass is 215 g/mol. The maximum absolute atomic E-state index is 5.68. The Morgan fingerprint density at radius 1 is 1.20 bits per heavy atom. The number of rotatable bonds is 3. The molecule has 2 heterocycles. The quantitative estimate of drug-likeness (QED) is 0.664. The van der Waals surface area contributed by atoms with Gasteiger partial charge in [0.1, 0.15) is 0 Å². The molecule has 5 nitrogen and oxygen atoms in total. The van der Waals surface area contributed by atoms with E-state index in [0.717, 1.165) is 52.5 Å². The minimum atomic E-state index is 0.326. The summed E-state index contributed by atoms with van der Waals surface area (Å²) in [4.78, 5) is 2.31. The van der Waals surface area contributed by atoms with Gasteiger partial charge < -0.3 is 14.4 Å². The lowest BCUT2D eigenvalue weighted by atomic mass is 10.3. The summed E-state index contributed by atoms with van der Waals surface area (Å²) in [6, 6.07) is 0. The van der Waals surface area contributed by atoms with Gasteiger partial charge in [0.05, 0.1) is 25.9 Å². The molecule has 1 N–H and O–H groups in total. The van der Waals surface area contributed by atoms with E-state index in [9.17, 15) is 0 Å². The number of morpholine rings is 2. The van der Waals surface area contributed by atoms with E-state index in [1.165, 1.54) is 0 Å². The Morgan fingerprint density at radius 3 is 2.73 bits per heavy atom. The molecule has 88 valence electrons. The minimum absolute atomic E-state index is 0.326. The molecule has 2 rings (SSSR count). The number of nitrogens with zero attached hydrogens (tertiary/aromatic N) is 2. The molecule has 15 heavy (non-hydrogen) atoms. The molecule has 0 radical (unpaired) electrons. The van der Waals surface area contributed by atoms with Crippen molar-refractivity contribution in [3.63, 3.8) is 0 Å². The smallest absolute Gasteiger partial charge is 0.0840 e. The van der Waals surface area contributed by atoms with Gasteiger partial charge in [0.2, 0.25) is 0 Å². The lowest BCUT2D eigenvalue weighted by Gasteiger charge is -2.33. The van der Waals surface area contributed by atoms with Crippen LogP contribution in [0.25, 0.3) is 0 Å². The van der Waals surface area contributed by atoms with Crippen LogP contribution in [0.1, 0.15) is 0 Å². The Labute approximate surface area is 91.3 Å². The highest BCUT2D eigenvalue weighted by Crippen LogP contribution is 2.02. The van der Waals surface area contributed by atoms with Crippen LogP contribution in [-0.4, -0.2) is 75.6 Å². The molecule has 1 unspecified atom stereocenters. The molecule has 2 aliphatic heterocycles. The first-order valence-corrected chi connectivity index (χ1v) is 5.71. The van der Waals surface area contributed by atoms with Gasteiger partial charge in [-0.3, -0.25) is 5.43 Å². The molecule has 0 amide bonds. The third-order valence-corrected chi connectivity index (χ3v) is 2.90. The van der Waals surface area contributed by atoms with E-state index in [-0.39, 0.29) is 0 Å². The topological polar surface area (TPSA) is 37.0 Å². The first-order chi connectivity index (χ1) is 7.34. The van der Waals surface area contributed by atoms with Gasteiger partial charge in [-0.15, -0.1) is 0 Å². The number of ether oxygens (including phenoxy) is 2. The van der Waals surface area contributed by atoms with Gasteiger partial charge in [0, 0.05) is 32.7 Å². The first kappa shape index (κ1) is 11.3. The molecular weight excluding hydrogens is 194 g/mol. The maximum Gasteiger partial charge on any atom is 0.0840 e. The second-order valence-corrected chi connectivity index (χ2v) is 4.22. The molecule has 0 aromatic rings. The van der Waals surface area contributed by atoms with Crippen LogP contribution in [-0.2, 0) is 9.47 Å². The fourth-order valence-electron chi connectivity index (χ4n) is 1.94. The van der Waals surface area contributed by atoms with Crippen molar-refractivity contribution in [2.24, 2.45) is 0 Å². The third-order valence-electron chi connectivity index (χ3n) is 2.90.